The summed E-state index contributed by atoms with van der Waals surface area (Å²) >= 11 is 0. The molecule has 3 rings (SSSR count). The Morgan fingerprint density at radius 1 is 0.935 bits per heavy atom. The lowest BCUT2D eigenvalue weighted by molar-refractivity contribution is -0.139. The molecule has 0 spiro atoms. The van der Waals surface area contributed by atoms with E-state index in [9.17, 15) is 19.2 Å². The highest BCUT2D eigenvalue weighted by Crippen LogP contribution is 2.14. The lowest BCUT2D eigenvalue weighted by Crippen LogP contribution is -2.35. The Balaban J connectivity index is 1.75. The van der Waals surface area contributed by atoms with Gasteiger partial charge in [0.1, 0.15) is 12.1 Å². The van der Waals surface area contributed by atoms with E-state index >= 15 is 0 Å². The van der Waals surface area contributed by atoms with Crippen molar-refractivity contribution < 1.29 is 19.1 Å². The van der Waals surface area contributed by atoms with E-state index in [0.717, 1.165) is 5.56 Å². The average Bonchev–Trinajstić information content (AvgIpc) is 2.78. The number of ether oxygens (including phenoxy) is 1. The number of methoxy groups -OCH3 is 1. The number of nitrogens with one attached hydrogen (secondary N) is 2. The minimum absolute atomic E-state index is 0.108. The maximum Gasteiger partial charge on any atom is 0.325 e. The molecule has 0 aliphatic rings. The molecule has 1 aromatic heterocycles. The topological polar surface area (TPSA) is 106 Å². The third-order valence-electron chi connectivity index (χ3n) is 4.53. The highest BCUT2D eigenvalue weighted by molar-refractivity contribution is 6.04. The number of aryl methyl sites for hydroxylation is 1. The summed E-state index contributed by atoms with van der Waals surface area (Å²) in [5.41, 5.74) is 2.03. The number of hydrogen-bond donors (Lipinski definition) is 2. The summed E-state index contributed by atoms with van der Waals surface area (Å²) < 4.78 is 5.77. The van der Waals surface area contributed by atoms with E-state index in [-0.39, 0.29) is 18.0 Å². The third-order valence-corrected chi connectivity index (χ3v) is 4.53. The van der Waals surface area contributed by atoms with Gasteiger partial charge in [-0.1, -0.05) is 17.7 Å². The van der Waals surface area contributed by atoms with Gasteiger partial charge in [0.2, 0.25) is 0 Å². The van der Waals surface area contributed by atoms with E-state index in [1.165, 1.54) is 23.9 Å². The smallest absolute Gasteiger partial charge is 0.325 e. The molecule has 8 nitrogen and oxygen atoms in total. The molecule has 0 aliphatic heterocycles. The Kier molecular flexibility index (Phi) is 6.61. The fraction of sp³-hybridized carbons (Fsp3) is 0.130. The van der Waals surface area contributed by atoms with E-state index in [2.05, 4.69) is 15.4 Å². The Morgan fingerprint density at radius 3 is 2.26 bits per heavy atom. The first-order valence-corrected chi connectivity index (χ1v) is 9.44. The molecule has 3 aromatic rings. The van der Waals surface area contributed by atoms with Crippen LogP contribution in [0.25, 0.3) is 5.69 Å². The van der Waals surface area contributed by atoms with Gasteiger partial charge < -0.3 is 15.4 Å². The molecule has 0 radical (unpaired) electrons. The van der Waals surface area contributed by atoms with Crippen LogP contribution in [-0.4, -0.2) is 36.0 Å². The average molecular weight is 419 g/mol. The van der Waals surface area contributed by atoms with Crippen LogP contribution in [0.15, 0.2) is 71.7 Å². The first-order chi connectivity index (χ1) is 14.9. The van der Waals surface area contributed by atoms with E-state index < -0.39 is 17.4 Å². The van der Waals surface area contributed by atoms with Crippen LogP contribution >= 0.6 is 0 Å². The van der Waals surface area contributed by atoms with Crippen molar-refractivity contribution in [1.82, 2.24) is 9.88 Å². The number of carbonyl (C=O) groups excluding carboxylic acids is 3. The molecule has 2 amide bonds. The van der Waals surface area contributed by atoms with Crippen LogP contribution in [0.4, 0.5) is 5.69 Å². The molecular weight excluding hydrogens is 398 g/mol. The molecule has 0 unspecified atom stereocenters. The van der Waals surface area contributed by atoms with E-state index in [4.69, 9.17) is 0 Å². The van der Waals surface area contributed by atoms with E-state index in [0.29, 0.717) is 16.9 Å². The van der Waals surface area contributed by atoms with Crippen molar-refractivity contribution in [3.8, 4) is 5.69 Å². The Morgan fingerprint density at radius 2 is 1.61 bits per heavy atom. The van der Waals surface area contributed by atoms with Gasteiger partial charge in [-0.15, -0.1) is 0 Å². The summed E-state index contributed by atoms with van der Waals surface area (Å²) in [4.78, 5) is 48.5. The number of amides is 2. The Hall–Kier alpha value is -4.20. The minimum Gasteiger partial charge on any atom is -0.468 e. The quantitative estimate of drug-likeness (QED) is 0.597. The number of hydrogen-bond acceptors (Lipinski definition) is 5. The van der Waals surface area contributed by atoms with Crippen LogP contribution in [0.5, 0.6) is 0 Å². The molecule has 2 aromatic carbocycles. The minimum atomic E-state index is -0.674. The summed E-state index contributed by atoms with van der Waals surface area (Å²) in [7, 11) is 1.21. The summed E-state index contributed by atoms with van der Waals surface area (Å²) in [6.07, 6.45) is 1.53. The van der Waals surface area contributed by atoms with Crippen LogP contribution in [0, 0.1) is 6.92 Å². The number of rotatable bonds is 6. The first-order valence-electron chi connectivity index (χ1n) is 9.44. The molecule has 31 heavy (non-hydrogen) atoms. The highest BCUT2D eigenvalue weighted by Gasteiger charge is 2.14. The second-order valence-corrected chi connectivity index (χ2v) is 6.72. The van der Waals surface area contributed by atoms with Crippen LogP contribution in [-0.2, 0) is 9.53 Å². The fourth-order valence-corrected chi connectivity index (χ4v) is 2.80. The normalized spacial score (nSPS) is 10.3. The number of aromatic nitrogens is 1. The van der Waals surface area contributed by atoms with Crippen molar-refractivity contribution in [3.63, 3.8) is 0 Å². The largest absolute Gasteiger partial charge is 0.468 e. The van der Waals surface area contributed by atoms with Gasteiger partial charge in [-0.3, -0.25) is 23.7 Å². The van der Waals surface area contributed by atoms with Gasteiger partial charge in [0.15, 0.2) is 0 Å². The molecule has 0 atom stereocenters. The Bertz CT molecular complexity index is 1170. The zero-order valence-electron chi connectivity index (χ0n) is 17.0. The second kappa shape index (κ2) is 9.53. The summed E-state index contributed by atoms with van der Waals surface area (Å²) in [5, 5.41) is 5.14. The van der Waals surface area contributed by atoms with Gasteiger partial charge >= 0.3 is 5.97 Å². The maximum absolute atomic E-state index is 12.7. The monoisotopic (exact) mass is 419 g/mol. The van der Waals surface area contributed by atoms with Crippen LogP contribution in [0.2, 0.25) is 0 Å². The molecule has 0 aliphatic carbocycles. The van der Waals surface area contributed by atoms with Gasteiger partial charge in [0.05, 0.1) is 7.11 Å². The molecule has 0 saturated heterocycles. The molecule has 0 bridgehead atoms. The lowest BCUT2D eigenvalue weighted by atomic mass is 10.1. The number of carbonyl (C=O) groups is 3. The summed E-state index contributed by atoms with van der Waals surface area (Å²) in [6, 6.07) is 16.8. The Labute approximate surface area is 178 Å². The molecule has 158 valence electrons. The highest BCUT2D eigenvalue weighted by atomic mass is 16.5. The molecule has 0 fully saturated rings. The molecule has 0 saturated carbocycles. The predicted molar refractivity (Wildman–Crippen MR) is 116 cm³/mol. The second-order valence-electron chi connectivity index (χ2n) is 6.72. The van der Waals surface area contributed by atoms with Crippen molar-refractivity contribution in [2.75, 3.05) is 19.0 Å². The number of pyridine rings is 1. The van der Waals surface area contributed by atoms with Gasteiger partial charge in [0, 0.05) is 23.1 Å². The number of anilines is 1. The molecule has 2 N–H and O–H groups in total. The van der Waals surface area contributed by atoms with Gasteiger partial charge in [-0.05, 0) is 55.5 Å². The van der Waals surface area contributed by atoms with Crippen LogP contribution < -0.4 is 16.2 Å². The van der Waals surface area contributed by atoms with Crippen molar-refractivity contribution in [3.05, 3.63) is 93.9 Å². The van der Waals surface area contributed by atoms with Gasteiger partial charge in [-0.25, -0.2) is 0 Å². The van der Waals surface area contributed by atoms with Crippen molar-refractivity contribution in [2.24, 2.45) is 0 Å². The first kappa shape index (κ1) is 21.5. The van der Waals surface area contributed by atoms with Crippen LogP contribution in [0.3, 0.4) is 0 Å². The van der Waals surface area contributed by atoms with Gasteiger partial charge in [-0.2, -0.15) is 0 Å². The standard InChI is InChI=1S/C23H21N3O5/c1-15-5-7-16(8-6-15)21(28)25-17-9-11-18(12-10-17)26-13-3-4-19(23(26)30)22(29)24-14-20(27)31-2/h3-13H,14H2,1-2H3,(H,24,29)(H,25,28). The third kappa shape index (κ3) is 5.24. The van der Waals surface area contributed by atoms with E-state index in [1.54, 1.807) is 42.5 Å². The summed E-state index contributed by atoms with van der Waals surface area (Å²) in [6.45, 7) is 1.61. The zero-order chi connectivity index (χ0) is 22.4. The van der Waals surface area contributed by atoms with Crippen LogP contribution in [0.1, 0.15) is 26.3 Å². The number of nitrogens with zero attached hydrogens (tertiary/aromatic N) is 1. The molecule has 8 heteroatoms. The zero-order valence-corrected chi connectivity index (χ0v) is 17.0. The van der Waals surface area contributed by atoms with Crippen molar-refractivity contribution >= 4 is 23.5 Å². The number of benzene rings is 2. The summed E-state index contributed by atoms with van der Waals surface area (Å²) in [5.74, 6) is -1.53. The predicted octanol–water partition coefficient (Wildman–Crippen LogP) is 2.30. The lowest BCUT2D eigenvalue weighted by Gasteiger charge is -2.10. The SMILES string of the molecule is COC(=O)CNC(=O)c1cccn(-c2ccc(NC(=O)c3ccc(C)cc3)cc2)c1=O. The molecular formula is C23H21N3O5. The molecule has 1 heterocycles. The maximum atomic E-state index is 12.7. The van der Waals surface area contributed by atoms with Crippen molar-refractivity contribution in [1.29, 1.82) is 0 Å². The van der Waals surface area contributed by atoms with E-state index in [1.807, 2.05) is 19.1 Å². The fourth-order valence-electron chi connectivity index (χ4n) is 2.80. The van der Waals surface area contributed by atoms with Gasteiger partial charge in [0.25, 0.3) is 17.4 Å². The number of esters is 1. The van der Waals surface area contributed by atoms with Crippen molar-refractivity contribution in [2.45, 2.75) is 6.92 Å².